The molecule has 1 rings (SSSR count). The highest BCUT2D eigenvalue weighted by molar-refractivity contribution is 6.07. The number of nitrogens with zero attached hydrogens (tertiary/aromatic N) is 2. The number of carbonyl (C=O) groups excluding carboxylic acids is 1. The molecule has 1 unspecified atom stereocenters. The van der Waals surface area contributed by atoms with Crippen LogP contribution in [-0.2, 0) is 4.79 Å². The molecule has 1 aromatic carbocycles. The number of likely N-dealkylation sites (N-methyl/N-ethyl adjacent to an activating group) is 1. The van der Waals surface area contributed by atoms with E-state index >= 15 is 0 Å². The average molecular weight is 249 g/mol. The number of benzene rings is 1. The molecule has 0 aliphatic heterocycles. The molecule has 0 saturated carbocycles. The molecule has 98 valence electrons. The summed E-state index contributed by atoms with van der Waals surface area (Å²) in [6.45, 7) is 3.82. The van der Waals surface area contributed by atoms with Gasteiger partial charge in [-0.2, -0.15) is 0 Å². The highest BCUT2D eigenvalue weighted by Gasteiger charge is 2.28. The van der Waals surface area contributed by atoms with E-state index in [1.165, 1.54) is 0 Å². The normalized spacial score (nSPS) is 13.4. The molecule has 5 heteroatoms. The van der Waals surface area contributed by atoms with Crippen molar-refractivity contribution in [3.8, 4) is 0 Å². The number of hydrogen-bond donors (Lipinski definition) is 2. The van der Waals surface area contributed by atoms with Gasteiger partial charge in [0.25, 0.3) is 0 Å². The molecule has 1 aromatic rings. The zero-order chi connectivity index (χ0) is 13.7. The van der Waals surface area contributed by atoms with Crippen LogP contribution >= 0.6 is 0 Å². The molecular weight excluding hydrogens is 230 g/mol. The number of carbonyl (C=O) groups is 1. The van der Waals surface area contributed by atoms with Crippen molar-refractivity contribution in [3.63, 3.8) is 0 Å². The van der Waals surface area contributed by atoms with Gasteiger partial charge >= 0.3 is 0 Å². The smallest absolute Gasteiger partial charge is 0.237 e. The molecule has 0 aromatic heterocycles. The largest absolute Gasteiger partial charge is 0.409 e. The second kappa shape index (κ2) is 6.05. The van der Waals surface area contributed by atoms with Crippen LogP contribution in [0.4, 0.5) is 0 Å². The van der Waals surface area contributed by atoms with Gasteiger partial charge in [0.1, 0.15) is 5.92 Å². The van der Waals surface area contributed by atoms with Crippen molar-refractivity contribution in [3.05, 3.63) is 35.9 Å². The third-order valence-electron chi connectivity index (χ3n) is 2.91. The first kappa shape index (κ1) is 14.0. The van der Waals surface area contributed by atoms with Gasteiger partial charge in [-0.3, -0.25) is 4.79 Å². The zero-order valence-electron chi connectivity index (χ0n) is 10.9. The first-order chi connectivity index (χ1) is 8.49. The first-order valence-corrected chi connectivity index (χ1v) is 5.78. The summed E-state index contributed by atoms with van der Waals surface area (Å²) < 4.78 is 0. The van der Waals surface area contributed by atoms with E-state index in [4.69, 9.17) is 10.9 Å². The van der Waals surface area contributed by atoms with Gasteiger partial charge < -0.3 is 15.8 Å². The summed E-state index contributed by atoms with van der Waals surface area (Å²) in [6, 6.07) is 9.10. The van der Waals surface area contributed by atoms with Crippen molar-refractivity contribution in [1.82, 2.24) is 4.90 Å². The Balaban J connectivity index is 3.12. The Labute approximate surface area is 107 Å². The van der Waals surface area contributed by atoms with E-state index < -0.39 is 5.92 Å². The predicted molar refractivity (Wildman–Crippen MR) is 70.5 cm³/mol. The maximum Gasteiger partial charge on any atom is 0.237 e. The van der Waals surface area contributed by atoms with Crippen molar-refractivity contribution in [2.75, 3.05) is 7.05 Å². The van der Waals surface area contributed by atoms with Crippen LogP contribution in [0.15, 0.2) is 35.5 Å². The van der Waals surface area contributed by atoms with Crippen LogP contribution in [0.3, 0.4) is 0 Å². The first-order valence-electron chi connectivity index (χ1n) is 5.78. The van der Waals surface area contributed by atoms with Crippen molar-refractivity contribution in [2.24, 2.45) is 10.9 Å². The van der Waals surface area contributed by atoms with Crippen LogP contribution in [0, 0.1) is 0 Å². The van der Waals surface area contributed by atoms with E-state index in [1.807, 2.05) is 32.0 Å². The van der Waals surface area contributed by atoms with E-state index in [0.717, 1.165) is 0 Å². The number of hydrogen-bond acceptors (Lipinski definition) is 3. The van der Waals surface area contributed by atoms with E-state index in [2.05, 4.69) is 5.16 Å². The average Bonchev–Trinajstić information content (AvgIpc) is 2.38. The van der Waals surface area contributed by atoms with Crippen LogP contribution in [0.25, 0.3) is 0 Å². The number of oxime groups is 1. The molecular formula is C13H19N3O2. The van der Waals surface area contributed by atoms with Gasteiger partial charge in [0.2, 0.25) is 5.91 Å². The van der Waals surface area contributed by atoms with Crippen LogP contribution in [0.5, 0.6) is 0 Å². The van der Waals surface area contributed by atoms with Crippen molar-refractivity contribution in [2.45, 2.75) is 25.8 Å². The lowest BCUT2D eigenvalue weighted by Gasteiger charge is -2.26. The molecule has 0 spiro atoms. The summed E-state index contributed by atoms with van der Waals surface area (Å²) in [5.74, 6) is -1.03. The molecule has 1 amide bonds. The molecule has 0 bridgehead atoms. The minimum absolute atomic E-state index is 0.0511. The Morgan fingerprint density at radius 2 is 1.89 bits per heavy atom. The van der Waals surface area contributed by atoms with Crippen molar-refractivity contribution < 1.29 is 10.0 Å². The molecule has 0 fully saturated rings. The minimum atomic E-state index is -0.747. The number of nitrogens with two attached hydrogens (primary N) is 1. The monoisotopic (exact) mass is 249 g/mol. The van der Waals surface area contributed by atoms with Crippen molar-refractivity contribution >= 4 is 11.7 Å². The fourth-order valence-electron chi connectivity index (χ4n) is 1.60. The van der Waals surface area contributed by atoms with Crippen LogP contribution in [0.2, 0.25) is 0 Å². The molecule has 0 heterocycles. The Bertz CT molecular complexity index is 429. The molecule has 0 aliphatic carbocycles. The van der Waals surface area contributed by atoms with Gasteiger partial charge in [-0.1, -0.05) is 35.5 Å². The fourth-order valence-corrected chi connectivity index (χ4v) is 1.60. The molecule has 5 nitrogen and oxygen atoms in total. The van der Waals surface area contributed by atoms with E-state index in [1.54, 1.807) is 24.1 Å². The highest BCUT2D eigenvalue weighted by atomic mass is 16.4. The molecule has 0 aliphatic rings. The van der Waals surface area contributed by atoms with Gasteiger partial charge in [0.15, 0.2) is 5.84 Å². The standard InChI is InChI=1S/C13H19N3O2/c1-9(2)16(3)13(17)11(12(14)15-18)10-7-5-4-6-8-10/h4-9,11,18H,1-3H3,(H2,14,15). The van der Waals surface area contributed by atoms with Crippen LogP contribution in [-0.4, -0.2) is 34.9 Å². The third-order valence-corrected chi connectivity index (χ3v) is 2.91. The molecule has 18 heavy (non-hydrogen) atoms. The molecule has 0 saturated heterocycles. The molecule has 3 N–H and O–H groups in total. The predicted octanol–water partition coefficient (Wildman–Crippen LogP) is 1.38. The van der Waals surface area contributed by atoms with E-state index in [9.17, 15) is 4.79 Å². The second-order valence-electron chi connectivity index (χ2n) is 4.41. The van der Waals surface area contributed by atoms with Gasteiger partial charge in [-0.15, -0.1) is 0 Å². The summed E-state index contributed by atoms with van der Waals surface area (Å²) in [5.41, 5.74) is 6.35. The highest BCUT2D eigenvalue weighted by Crippen LogP contribution is 2.19. The minimum Gasteiger partial charge on any atom is -0.409 e. The zero-order valence-corrected chi connectivity index (χ0v) is 10.9. The quantitative estimate of drug-likeness (QED) is 0.366. The topological polar surface area (TPSA) is 78.9 Å². The lowest BCUT2D eigenvalue weighted by Crippen LogP contribution is -2.41. The van der Waals surface area contributed by atoms with Gasteiger partial charge in [0, 0.05) is 13.1 Å². The van der Waals surface area contributed by atoms with Crippen LogP contribution < -0.4 is 5.73 Å². The number of amides is 1. The Morgan fingerprint density at radius 3 is 2.33 bits per heavy atom. The summed E-state index contributed by atoms with van der Waals surface area (Å²) in [7, 11) is 1.70. The SMILES string of the molecule is CC(C)N(C)C(=O)C(/C(N)=N/O)c1ccccc1. The van der Waals surface area contributed by atoms with Crippen molar-refractivity contribution in [1.29, 1.82) is 0 Å². The molecule has 0 radical (unpaired) electrons. The Kier molecular flexibility index (Phi) is 4.71. The van der Waals surface area contributed by atoms with Gasteiger partial charge in [0.05, 0.1) is 0 Å². The number of rotatable bonds is 4. The number of amidine groups is 1. The summed E-state index contributed by atoms with van der Waals surface area (Å²) in [5, 5.41) is 11.8. The maximum absolute atomic E-state index is 12.3. The second-order valence-corrected chi connectivity index (χ2v) is 4.41. The van der Waals surface area contributed by atoms with Crippen LogP contribution in [0.1, 0.15) is 25.3 Å². The summed E-state index contributed by atoms with van der Waals surface area (Å²) in [4.78, 5) is 13.9. The lowest BCUT2D eigenvalue weighted by atomic mass is 9.96. The Morgan fingerprint density at radius 1 is 1.33 bits per heavy atom. The maximum atomic E-state index is 12.3. The lowest BCUT2D eigenvalue weighted by molar-refractivity contribution is -0.131. The Hall–Kier alpha value is -2.04. The molecule has 1 atom stereocenters. The van der Waals surface area contributed by atoms with E-state index in [0.29, 0.717) is 5.56 Å². The van der Waals surface area contributed by atoms with Gasteiger partial charge in [-0.25, -0.2) is 0 Å². The summed E-state index contributed by atoms with van der Waals surface area (Å²) in [6.07, 6.45) is 0. The van der Waals surface area contributed by atoms with Gasteiger partial charge in [-0.05, 0) is 19.4 Å². The van der Waals surface area contributed by atoms with E-state index in [-0.39, 0.29) is 17.8 Å². The fraction of sp³-hybridized carbons (Fsp3) is 0.385. The third kappa shape index (κ3) is 3.00. The summed E-state index contributed by atoms with van der Waals surface area (Å²) >= 11 is 0.